The third kappa shape index (κ3) is 12.2. The van der Waals surface area contributed by atoms with Gasteiger partial charge < -0.3 is 39.0 Å². The van der Waals surface area contributed by atoms with E-state index in [-0.39, 0.29) is 63.2 Å². The number of piperazine rings is 1. The van der Waals surface area contributed by atoms with E-state index in [9.17, 15) is 28.5 Å². The van der Waals surface area contributed by atoms with Gasteiger partial charge in [-0.25, -0.2) is 14.8 Å². The van der Waals surface area contributed by atoms with E-state index < -0.39 is 56.6 Å². The summed E-state index contributed by atoms with van der Waals surface area (Å²) in [4.78, 5) is 78.9. The van der Waals surface area contributed by atoms with Gasteiger partial charge in [0.1, 0.15) is 11.5 Å². The number of carbonyl (C=O) groups excluding carboxylic acids is 5. The summed E-state index contributed by atoms with van der Waals surface area (Å²) >= 11 is 0. The highest BCUT2D eigenvalue weighted by Gasteiger charge is 2.40. The Bertz CT molecular complexity index is 1570. The zero-order valence-corrected chi connectivity index (χ0v) is 31.5. The van der Waals surface area contributed by atoms with Gasteiger partial charge in [-0.1, -0.05) is 48.7 Å². The van der Waals surface area contributed by atoms with Crippen LogP contribution in [0.3, 0.4) is 0 Å². The highest BCUT2D eigenvalue weighted by Crippen LogP contribution is 2.29. The lowest BCUT2D eigenvalue weighted by atomic mass is 10.2. The average molecular weight is 760 g/mol. The molecule has 18 heteroatoms. The molecule has 0 radical (unpaired) electrons. The predicted octanol–water partition coefficient (Wildman–Crippen LogP) is 3.50. The van der Waals surface area contributed by atoms with E-state index in [0.29, 0.717) is 37.3 Å². The molecule has 3 amide bonds. The van der Waals surface area contributed by atoms with Gasteiger partial charge in [-0.15, -0.1) is 0 Å². The number of hydrogen-bond donors (Lipinski definition) is 1. The van der Waals surface area contributed by atoms with Gasteiger partial charge in [0, 0.05) is 70.8 Å². The van der Waals surface area contributed by atoms with Crippen molar-refractivity contribution in [3.63, 3.8) is 0 Å². The second-order valence-electron chi connectivity index (χ2n) is 12.3. The van der Waals surface area contributed by atoms with Crippen LogP contribution in [0, 0.1) is 0 Å². The van der Waals surface area contributed by atoms with Crippen molar-refractivity contribution < 1.29 is 52.0 Å². The van der Waals surface area contributed by atoms with Crippen molar-refractivity contribution in [3.8, 4) is 11.4 Å². The van der Waals surface area contributed by atoms with E-state index in [1.165, 1.54) is 15.9 Å². The Labute approximate surface area is 309 Å². The maximum atomic E-state index is 14.0. The lowest BCUT2D eigenvalue weighted by Gasteiger charge is -2.35. The van der Waals surface area contributed by atoms with Crippen LogP contribution in [0.4, 0.5) is 10.6 Å². The van der Waals surface area contributed by atoms with Gasteiger partial charge in [-0.05, 0) is 30.8 Å². The molecule has 0 saturated carbocycles. The van der Waals surface area contributed by atoms with E-state index in [1.807, 2.05) is 35.2 Å². The quantitative estimate of drug-likeness (QED) is 0.140. The Morgan fingerprint density at radius 2 is 1.55 bits per heavy atom. The molecule has 0 bridgehead atoms. The molecule has 1 aromatic carbocycles. The first-order chi connectivity index (χ1) is 25.5. The van der Waals surface area contributed by atoms with Gasteiger partial charge >= 0.3 is 32.5 Å². The number of nitrogens with one attached hydrogen (secondary N) is 1. The number of benzene rings is 1. The van der Waals surface area contributed by atoms with E-state index >= 15 is 0 Å². The first-order valence-corrected chi connectivity index (χ1v) is 19.1. The topological polar surface area (TPSA) is 196 Å². The van der Waals surface area contributed by atoms with Gasteiger partial charge in [-0.3, -0.25) is 19.2 Å². The third-order valence-corrected chi connectivity index (χ3v) is 9.47. The summed E-state index contributed by atoms with van der Waals surface area (Å²) < 4.78 is 39.7. The van der Waals surface area contributed by atoms with Crippen LogP contribution in [0.5, 0.6) is 0 Å². The molecule has 1 aromatic heterocycles. The summed E-state index contributed by atoms with van der Waals surface area (Å²) in [5, 5.41) is 2.68. The average Bonchev–Trinajstić information content (AvgIpc) is 3.64. The van der Waals surface area contributed by atoms with Gasteiger partial charge in [0.2, 0.25) is 12.1 Å². The molecule has 4 rings (SSSR count). The molecule has 17 nitrogen and oxygen atoms in total. The summed E-state index contributed by atoms with van der Waals surface area (Å²) in [7, 11) is -1.25. The Balaban J connectivity index is 1.60. The van der Waals surface area contributed by atoms with Crippen LogP contribution in [0.2, 0.25) is 0 Å². The molecule has 2 aliphatic heterocycles. The third-order valence-electron chi connectivity index (χ3n) is 8.40. The standard InChI is InChI=1S/C35H47N6O11P/c1-5-11-29(42)50-35(51-30(43)12-6-2)52-53(47)23-27(33(45)39-17-19-40(20-18-39)34(46)49-7-3)37-32(44)26-21-28(41-16-15-25(22-41)48-4)38-31(36-26)24-13-9-8-10-14-24/h8-10,13-14,21,25,27,35H,5-7,11-12,15-20,22-23H2,1-4H3/p+1/t25-,27-/m0/s1. The van der Waals surface area contributed by atoms with E-state index in [2.05, 4.69) is 10.3 Å². The van der Waals surface area contributed by atoms with Crippen molar-refractivity contribution in [3.05, 3.63) is 42.1 Å². The number of nitrogens with zero attached hydrogens (tertiary/aromatic N) is 5. The van der Waals surface area contributed by atoms with Crippen LogP contribution in [0.15, 0.2) is 36.4 Å². The lowest BCUT2D eigenvalue weighted by molar-refractivity contribution is -0.234. The second-order valence-corrected chi connectivity index (χ2v) is 13.6. The van der Waals surface area contributed by atoms with Gasteiger partial charge in [-0.2, -0.15) is 0 Å². The van der Waals surface area contributed by atoms with Crippen LogP contribution in [-0.4, -0.2) is 127 Å². The van der Waals surface area contributed by atoms with Crippen LogP contribution < -0.4 is 10.2 Å². The molecule has 1 unspecified atom stereocenters. The number of carbonyl (C=O) groups is 5. The zero-order chi connectivity index (χ0) is 38.3. The highest BCUT2D eigenvalue weighted by molar-refractivity contribution is 7.39. The number of ether oxygens (including phenoxy) is 4. The molecule has 288 valence electrons. The minimum Gasteiger partial charge on any atom is -0.450 e. The molecule has 2 aromatic rings. The van der Waals surface area contributed by atoms with Crippen molar-refractivity contribution in [2.24, 2.45) is 0 Å². The van der Waals surface area contributed by atoms with E-state index in [0.717, 1.165) is 6.42 Å². The molecule has 2 fully saturated rings. The summed E-state index contributed by atoms with van der Waals surface area (Å²) in [6.07, 6.45) is 0.525. The van der Waals surface area contributed by atoms with Crippen LogP contribution in [0.1, 0.15) is 63.4 Å². The Kier molecular flexibility index (Phi) is 15.9. The SMILES string of the molecule is CCCC(=O)OC(OC(=O)CCC)O[P+](=O)C[C@H](NC(=O)c1cc(N2CC[C@H](OC)C2)nc(-c2ccccc2)n1)C(=O)N1CCN(C(=O)OCC)CC1. The Hall–Kier alpha value is -4.73. The monoisotopic (exact) mass is 759 g/mol. The molecule has 0 spiro atoms. The van der Waals surface area contributed by atoms with E-state index in [4.69, 9.17) is 28.5 Å². The number of methoxy groups -OCH3 is 1. The molecule has 3 heterocycles. The fourth-order valence-corrected chi connectivity index (χ4v) is 6.53. The van der Waals surface area contributed by atoms with Gasteiger partial charge in [0.15, 0.2) is 11.9 Å². The number of anilines is 1. The summed E-state index contributed by atoms with van der Waals surface area (Å²) in [5.74, 6) is -2.06. The molecule has 3 atom stereocenters. The summed E-state index contributed by atoms with van der Waals surface area (Å²) in [5.41, 5.74) is 0.617. The molecule has 53 heavy (non-hydrogen) atoms. The molecule has 0 aliphatic carbocycles. The number of amides is 3. The van der Waals surface area contributed by atoms with Crippen molar-refractivity contribution in [1.82, 2.24) is 25.1 Å². The molecule has 2 aliphatic rings. The van der Waals surface area contributed by atoms with Crippen molar-refractivity contribution in [2.75, 3.05) is 64.0 Å². The zero-order valence-electron chi connectivity index (χ0n) is 30.6. The second kappa shape index (κ2) is 20.5. The maximum absolute atomic E-state index is 14.0. The fourth-order valence-electron chi connectivity index (χ4n) is 5.62. The smallest absolute Gasteiger partial charge is 0.450 e. The van der Waals surface area contributed by atoms with Gasteiger partial charge in [0.25, 0.3) is 5.91 Å². The number of hydrogen-bond acceptors (Lipinski definition) is 14. The largest absolute Gasteiger partial charge is 0.518 e. The van der Waals surface area contributed by atoms with Gasteiger partial charge in [0.05, 0.1) is 12.7 Å². The van der Waals surface area contributed by atoms with E-state index in [1.54, 1.807) is 27.9 Å². The normalized spacial score (nSPS) is 16.6. The van der Waals surface area contributed by atoms with Crippen LogP contribution in [-0.2, 0) is 42.4 Å². The molecular formula is C35H48N6O11P+. The minimum absolute atomic E-state index is 0.00758. The molecule has 2 saturated heterocycles. The molecular weight excluding hydrogens is 711 g/mol. The maximum Gasteiger partial charge on any atom is 0.518 e. The minimum atomic E-state index is -2.89. The highest BCUT2D eigenvalue weighted by atomic mass is 31.1. The predicted molar refractivity (Wildman–Crippen MR) is 191 cm³/mol. The summed E-state index contributed by atoms with van der Waals surface area (Å²) in [6, 6.07) is 9.20. The number of aromatic nitrogens is 2. The first kappa shape index (κ1) is 41.0. The number of rotatable bonds is 17. The van der Waals surface area contributed by atoms with Crippen LogP contribution >= 0.6 is 8.03 Å². The fraction of sp³-hybridized carbons (Fsp3) is 0.571. The molecule has 1 N–H and O–H groups in total. The van der Waals surface area contributed by atoms with Crippen LogP contribution in [0.25, 0.3) is 11.4 Å². The lowest BCUT2D eigenvalue weighted by Crippen LogP contribution is -2.56. The first-order valence-electron chi connectivity index (χ1n) is 17.8. The Morgan fingerprint density at radius 1 is 0.906 bits per heavy atom. The summed E-state index contributed by atoms with van der Waals surface area (Å²) in [6.45, 7) is 5.20. The van der Waals surface area contributed by atoms with Crippen molar-refractivity contribution in [2.45, 2.75) is 71.5 Å². The number of esters is 2. The van der Waals surface area contributed by atoms with Crippen molar-refractivity contribution >= 4 is 43.7 Å². The Morgan fingerprint density at radius 3 is 2.13 bits per heavy atom. The van der Waals surface area contributed by atoms with Crippen molar-refractivity contribution in [1.29, 1.82) is 0 Å².